The van der Waals surface area contributed by atoms with Crippen molar-refractivity contribution in [2.24, 2.45) is 0 Å². The molecule has 10 atom stereocenters. The molecule has 242 valence electrons. The molecular weight excluding hydrogens is 588 g/mol. The zero-order valence-electron chi connectivity index (χ0n) is 23.5. The third-order valence-corrected chi connectivity index (χ3v) is 7.26. The van der Waals surface area contributed by atoms with Crippen LogP contribution in [0.25, 0.3) is 6.08 Å². The number of phenols is 4. The number of rotatable bonds is 10. The highest BCUT2D eigenvalue weighted by Crippen LogP contribution is 2.31. The highest BCUT2D eigenvalue weighted by atomic mass is 16.7. The van der Waals surface area contributed by atoms with E-state index < -0.39 is 74.0 Å². The van der Waals surface area contributed by atoms with E-state index in [0.29, 0.717) is 11.1 Å². The van der Waals surface area contributed by atoms with Crippen LogP contribution in [0.2, 0.25) is 0 Å². The molecule has 0 bridgehead atoms. The third kappa shape index (κ3) is 7.95. The van der Waals surface area contributed by atoms with Crippen LogP contribution in [0.5, 0.6) is 23.0 Å². The van der Waals surface area contributed by atoms with E-state index in [0.717, 1.165) is 6.08 Å². The topological polar surface area (TPSA) is 245 Å². The molecule has 2 aromatic rings. The molecule has 0 radical (unpaired) electrons. The van der Waals surface area contributed by atoms with Gasteiger partial charge in [-0.05, 0) is 54.8 Å². The molecule has 2 heterocycles. The lowest BCUT2D eigenvalue weighted by Crippen LogP contribution is -2.64. The number of hydrogen-bond acceptors (Lipinski definition) is 15. The van der Waals surface area contributed by atoms with Crippen molar-refractivity contribution in [1.29, 1.82) is 0 Å². The summed E-state index contributed by atoms with van der Waals surface area (Å²) >= 11 is 0. The smallest absolute Gasteiger partial charge is 0.330 e. The van der Waals surface area contributed by atoms with E-state index in [-0.39, 0.29) is 36.0 Å². The summed E-state index contributed by atoms with van der Waals surface area (Å²) in [6.07, 6.45) is -12.5. The third-order valence-electron chi connectivity index (χ3n) is 7.26. The van der Waals surface area contributed by atoms with Gasteiger partial charge in [-0.2, -0.15) is 0 Å². The fourth-order valence-corrected chi connectivity index (χ4v) is 4.66. The quantitative estimate of drug-likeness (QED) is 0.0873. The lowest BCUT2D eigenvalue weighted by Gasteiger charge is -2.45. The molecule has 2 aliphatic heterocycles. The number of carbonyl (C=O) groups is 1. The molecule has 2 aliphatic rings. The van der Waals surface area contributed by atoms with Crippen molar-refractivity contribution in [2.45, 2.75) is 74.8 Å². The van der Waals surface area contributed by atoms with Gasteiger partial charge in [0.2, 0.25) is 0 Å². The van der Waals surface area contributed by atoms with E-state index in [2.05, 4.69) is 0 Å². The van der Waals surface area contributed by atoms with E-state index in [1.807, 2.05) is 0 Å². The maximum absolute atomic E-state index is 12.4. The summed E-state index contributed by atoms with van der Waals surface area (Å²) < 4.78 is 27.7. The van der Waals surface area contributed by atoms with Gasteiger partial charge < -0.3 is 69.6 Å². The van der Waals surface area contributed by atoms with Crippen LogP contribution in [0, 0.1) is 0 Å². The molecule has 44 heavy (non-hydrogen) atoms. The molecule has 0 spiro atoms. The van der Waals surface area contributed by atoms with Crippen molar-refractivity contribution in [1.82, 2.24) is 0 Å². The minimum absolute atomic E-state index is 0.0754. The Morgan fingerprint density at radius 2 is 1.48 bits per heavy atom. The summed E-state index contributed by atoms with van der Waals surface area (Å²) in [6, 6.07) is 8.05. The molecule has 0 aliphatic carbocycles. The molecule has 0 unspecified atom stereocenters. The SMILES string of the molecule is C[C@H]1O[C@H](O[C@H]2[C@H](O)[C@@H](OCCc3ccc(O)c(O)c3)O[C@@H](COC(=O)C=Cc3ccc(O)c(O)c3)[C@@H]2O)[C@@H](O)[C@@H](O)[C@@H]1O. The van der Waals surface area contributed by atoms with Crippen molar-refractivity contribution in [3.05, 3.63) is 53.6 Å². The number of aliphatic hydroxyl groups is 5. The average molecular weight is 625 g/mol. The van der Waals surface area contributed by atoms with Crippen molar-refractivity contribution in [2.75, 3.05) is 13.2 Å². The van der Waals surface area contributed by atoms with E-state index >= 15 is 0 Å². The van der Waals surface area contributed by atoms with Crippen molar-refractivity contribution in [3.8, 4) is 23.0 Å². The predicted molar refractivity (Wildman–Crippen MR) is 147 cm³/mol. The lowest BCUT2D eigenvalue weighted by atomic mass is 9.97. The van der Waals surface area contributed by atoms with Gasteiger partial charge in [-0.15, -0.1) is 0 Å². The van der Waals surface area contributed by atoms with E-state index in [4.69, 9.17) is 23.7 Å². The Bertz CT molecular complexity index is 1300. The Morgan fingerprint density at radius 3 is 2.16 bits per heavy atom. The maximum atomic E-state index is 12.4. The van der Waals surface area contributed by atoms with Gasteiger partial charge in [-0.3, -0.25) is 0 Å². The summed E-state index contributed by atoms with van der Waals surface area (Å²) in [7, 11) is 0. The van der Waals surface area contributed by atoms with Gasteiger partial charge in [-0.1, -0.05) is 12.1 Å². The number of benzene rings is 2. The standard InChI is InChI=1S/C29H36O15/c1-13-22(35)24(37)25(38)29(42-13)44-27-23(36)20(12-41-21(34)7-4-14-2-5-16(30)18(32)10-14)43-28(26(27)39)40-9-8-15-3-6-17(31)19(33)11-15/h2-7,10-11,13,20,22-33,35-39H,8-9,12H2,1H3/t13-,20+,22-,23+,24+,25+,26+,27-,28+,29-/m1/s1. The number of aromatic hydroxyl groups is 4. The van der Waals surface area contributed by atoms with Crippen LogP contribution in [0.3, 0.4) is 0 Å². The van der Waals surface area contributed by atoms with Crippen LogP contribution in [0.4, 0.5) is 0 Å². The molecule has 2 saturated heterocycles. The summed E-state index contributed by atoms with van der Waals surface area (Å²) in [4.78, 5) is 12.4. The summed E-state index contributed by atoms with van der Waals surface area (Å²) in [6.45, 7) is 0.804. The fourth-order valence-electron chi connectivity index (χ4n) is 4.66. The second kappa shape index (κ2) is 14.5. The Balaban J connectivity index is 1.44. The molecule has 2 aromatic carbocycles. The number of esters is 1. The number of hydrogen-bond donors (Lipinski definition) is 9. The second-order valence-corrected chi connectivity index (χ2v) is 10.5. The van der Waals surface area contributed by atoms with Gasteiger partial charge in [0.25, 0.3) is 0 Å². The normalized spacial score (nSPS) is 32.5. The fraction of sp³-hybridized carbons (Fsp3) is 0.483. The van der Waals surface area contributed by atoms with E-state index in [1.165, 1.54) is 43.3 Å². The molecule has 0 aromatic heterocycles. The molecule has 15 nitrogen and oxygen atoms in total. The second-order valence-electron chi connectivity index (χ2n) is 10.5. The number of carbonyl (C=O) groups excluding carboxylic acids is 1. The van der Waals surface area contributed by atoms with Crippen molar-refractivity contribution in [3.63, 3.8) is 0 Å². The van der Waals surface area contributed by atoms with Gasteiger partial charge in [0, 0.05) is 6.08 Å². The number of phenolic OH excluding ortho intramolecular Hbond substituents is 4. The minimum atomic E-state index is -1.74. The number of ether oxygens (including phenoxy) is 5. The molecule has 9 N–H and O–H groups in total. The van der Waals surface area contributed by atoms with Crippen LogP contribution < -0.4 is 0 Å². The van der Waals surface area contributed by atoms with Gasteiger partial charge in [0.15, 0.2) is 35.6 Å². The van der Waals surface area contributed by atoms with Crippen LogP contribution in [-0.2, 0) is 34.9 Å². The Kier molecular flexibility index (Phi) is 11.0. The zero-order chi connectivity index (χ0) is 32.1. The average Bonchev–Trinajstić information content (AvgIpc) is 2.99. The predicted octanol–water partition coefficient (Wildman–Crippen LogP) is -1.02. The highest BCUT2D eigenvalue weighted by Gasteiger charge is 2.50. The molecule has 2 fully saturated rings. The summed E-state index contributed by atoms with van der Waals surface area (Å²) in [5.41, 5.74) is 0.962. The monoisotopic (exact) mass is 624 g/mol. The first kappa shape index (κ1) is 33.4. The summed E-state index contributed by atoms with van der Waals surface area (Å²) in [5, 5.41) is 90.8. The summed E-state index contributed by atoms with van der Waals surface area (Å²) in [5.74, 6) is -2.23. The first-order valence-corrected chi connectivity index (χ1v) is 13.7. The molecule has 0 saturated carbocycles. The van der Waals surface area contributed by atoms with Crippen molar-refractivity contribution < 1.29 is 74.4 Å². The maximum Gasteiger partial charge on any atom is 0.330 e. The van der Waals surface area contributed by atoms with Gasteiger partial charge in [0.1, 0.15) is 49.3 Å². The van der Waals surface area contributed by atoms with Gasteiger partial charge >= 0.3 is 5.97 Å². The minimum Gasteiger partial charge on any atom is -0.504 e. The van der Waals surface area contributed by atoms with E-state index in [9.17, 15) is 50.8 Å². The molecule has 0 amide bonds. The Labute approximate surface area is 251 Å². The largest absolute Gasteiger partial charge is 0.504 e. The van der Waals surface area contributed by atoms with Crippen LogP contribution in [0.15, 0.2) is 42.5 Å². The van der Waals surface area contributed by atoms with Crippen LogP contribution >= 0.6 is 0 Å². The zero-order valence-corrected chi connectivity index (χ0v) is 23.5. The Morgan fingerprint density at radius 1 is 0.795 bits per heavy atom. The van der Waals surface area contributed by atoms with Gasteiger partial charge in [0.05, 0.1) is 12.7 Å². The number of aliphatic hydroxyl groups excluding tert-OH is 5. The lowest BCUT2D eigenvalue weighted by molar-refractivity contribution is -0.357. The van der Waals surface area contributed by atoms with Crippen molar-refractivity contribution >= 4 is 12.0 Å². The van der Waals surface area contributed by atoms with Crippen LogP contribution in [0.1, 0.15) is 18.1 Å². The Hall–Kier alpha value is -3.51. The molecule has 15 heteroatoms. The highest BCUT2D eigenvalue weighted by molar-refractivity contribution is 5.87. The first-order chi connectivity index (χ1) is 20.8. The van der Waals surface area contributed by atoms with Crippen LogP contribution in [-0.4, -0.2) is 127 Å². The molecular formula is C29H36O15. The first-order valence-electron chi connectivity index (χ1n) is 13.7. The van der Waals surface area contributed by atoms with E-state index in [1.54, 1.807) is 6.07 Å². The molecule has 4 rings (SSSR count). The van der Waals surface area contributed by atoms with Gasteiger partial charge in [-0.25, -0.2) is 4.79 Å².